The van der Waals surface area contributed by atoms with Gasteiger partial charge in [0, 0.05) is 49.0 Å². The molecule has 0 radical (unpaired) electrons. The maximum absolute atomic E-state index is 13.0. The van der Waals surface area contributed by atoms with Crippen molar-refractivity contribution in [2.45, 2.75) is 12.8 Å². The van der Waals surface area contributed by atoms with Crippen molar-refractivity contribution in [2.75, 3.05) is 18.2 Å². The molecule has 0 spiro atoms. The number of para-hydroxylation sites is 2. The van der Waals surface area contributed by atoms with Gasteiger partial charge in [0.05, 0.1) is 11.4 Å². The zero-order valence-electron chi connectivity index (χ0n) is 22.5. The number of nitrogens with zero attached hydrogens (tertiary/aromatic N) is 1. The van der Waals surface area contributed by atoms with Gasteiger partial charge < -0.3 is 35.8 Å². The molecule has 0 fully saturated rings. The summed E-state index contributed by atoms with van der Waals surface area (Å²) in [6.07, 6.45) is 0.610. The zero-order valence-corrected chi connectivity index (χ0v) is 22.5. The normalized spacial score (nSPS) is 11.8. The summed E-state index contributed by atoms with van der Waals surface area (Å²) in [7, 11) is 3.05. The van der Waals surface area contributed by atoms with Crippen molar-refractivity contribution in [2.24, 2.45) is 7.05 Å². The third-order valence-electron chi connectivity index (χ3n) is 6.79. The smallest absolute Gasteiger partial charge is 0.274 e. The number of aliphatic hydroxyl groups excluding tert-OH is 1. The monoisotopic (exact) mass is 551 g/mol. The predicted molar refractivity (Wildman–Crippen MR) is 157 cm³/mol. The standard InChI is InChI=1S/C31H29N5O5/c1-36-17-23(20-6-5-7-21(14-20)31(40)41-2)22-15-26(34-27(22)30(36)39)29(38)33-16-18-10-12-19(13-11-18)28(37)35-25-9-4-3-8-24(25)32/h3-15,17,31,34,40H,16,32H2,1-2H3,(H,33,38)(H,35,37). The summed E-state index contributed by atoms with van der Waals surface area (Å²) in [6.45, 7) is 0.212. The molecule has 0 aliphatic rings. The second-order valence-corrected chi connectivity index (χ2v) is 9.57. The molecule has 2 aromatic heterocycles. The number of benzene rings is 3. The van der Waals surface area contributed by atoms with Crippen LogP contribution in [0.25, 0.3) is 22.0 Å². The molecule has 0 aliphatic carbocycles. The summed E-state index contributed by atoms with van der Waals surface area (Å²) in [4.78, 5) is 41.5. The number of anilines is 2. The third-order valence-corrected chi connectivity index (χ3v) is 6.79. The van der Waals surface area contributed by atoms with E-state index in [-0.39, 0.29) is 29.6 Å². The number of hydrogen-bond donors (Lipinski definition) is 5. The Hall–Kier alpha value is -5.19. The molecular weight excluding hydrogens is 522 g/mol. The number of methoxy groups -OCH3 is 1. The summed E-state index contributed by atoms with van der Waals surface area (Å²) in [5.41, 5.74) is 10.4. The largest absolute Gasteiger partial charge is 0.397 e. The van der Waals surface area contributed by atoms with Crippen molar-refractivity contribution >= 4 is 34.1 Å². The van der Waals surface area contributed by atoms with Crippen molar-refractivity contribution in [3.05, 3.63) is 118 Å². The first kappa shape index (κ1) is 27.4. The molecule has 0 bridgehead atoms. The number of amides is 2. The Balaban J connectivity index is 1.32. The average Bonchev–Trinajstić information content (AvgIpc) is 3.45. The minimum Gasteiger partial charge on any atom is -0.397 e. The van der Waals surface area contributed by atoms with Crippen molar-refractivity contribution in [1.29, 1.82) is 0 Å². The number of aliphatic hydroxyl groups is 1. The number of aromatic nitrogens is 2. The van der Waals surface area contributed by atoms with Gasteiger partial charge in [-0.2, -0.15) is 0 Å². The Kier molecular flexibility index (Phi) is 7.68. The molecule has 41 heavy (non-hydrogen) atoms. The lowest BCUT2D eigenvalue weighted by Gasteiger charge is -2.12. The van der Waals surface area contributed by atoms with Gasteiger partial charge in [-0.15, -0.1) is 0 Å². The van der Waals surface area contributed by atoms with E-state index < -0.39 is 6.29 Å². The van der Waals surface area contributed by atoms with Gasteiger partial charge in [-0.1, -0.05) is 42.5 Å². The highest BCUT2D eigenvalue weighted by molar-refractivity contribution is 6.06. The lowest BCUT2D eigenvalue weighted by Crippen LogP contribution is -2.23. The van der Waals surface area contributed by atoms with Crippen LogP contribution in [0.2, 0.25) is 0 Å². The van der Waals surface area contributed by atoms with E-state index in [0.717, 1.165) is 11.1 Å². The molecular formula is C31H29N5O5. The SMILES string of the molecule is COC(O)c1cccc(-c2cn(C)c(=O)c3[nH]c(C(=O)NCc4ccc(C(=O)Nc5ccccc5N)cc4)cc23)c1. The second kappa shape index (κ2) is 11.5. The fraction of sp³-hybridized carbons (Fsp3) is 0.129. The first-order valence-electron chi connectivity index (χ1n) is 12.8. The summed E-state index contributed by atoms with van der Waals surface area (Å²) in [6, 6.07) is 22.7. The first-order valence-corrected chi connectivity index (χ1v) is 12.8. The highest BCUT2D eigenvalue weighted by atomic mass is 16.6. The highest BCUT2D eigenvalue weighted by Gasteiger charge is 2.17. The van der Waals surface area contributed by atoms with Gasteiger partial charge in [-0.3, -0.25) is 14.4 Å². The van der Waals surface area contributed by atoms with Crippen LogP contribution in [0.4, 0.5) is 11.4 Å². The minimum absolute atomic E-state index is 0.212. The van der Waals surface area contributed by atoms with E-state index in [2.05, 4.69) is 15.6 Å². The number of carbonyl (C=O) groups is 2. The van der Waals surface area contributed by atoms with Crippen LogP contribution in [-0.2, 0) is 18.3 Å². The van der Waals surface area contributed by atoms with Gasteiger partial charge in [0.1, 0.15) is 11.2 Å². The topological polar surface area (TPSA) is 151 Å². The van der Waals surface area contributed by atoms with E-state index in [1.165, 1.54) is 11.7 Å². The van der Waals surface area contributed by atoms with Crippen LogP contribution >= 0.6 is 0 Å². The van der Waals surface area contributed by atoms with E-state index >= 15 is 0 Å². The summed E-state index contributed by atoms with van der Waals surface area (Å²) >= 11 is 0. The molecule has 5 aromatic rings. The lowest BCUT2D eigenvalue weighted by molar-refractivity contribution is -0.0769. The predicted octanol–water partition coefficient (Wildman–Crippen LogP) is 3.94. The molecule has 3 aromatic carbocycles. The molecule has 0 saturated heterocycles. The molecule has 2 heterocycles. The Morgan fingerprint density at radius 1 is 1.02 bits per heavy atom. The quantitative estimate of drug-likeness (QED) is 0.146. The number of aryl methyl sites for hydroxylation is 1. The Labute approximate surface area is 235 Å². The van der Waals surface area contributed by atoms with Gasteiger partial charge >= 0.3 is 0 Å². The van der Waals surface area contributed by atoms with Gasteiger partial charge in [-0.05, 0) is 47.5 Å². The summed E-state index contributed by atoms with van der Waals surface area (Å²) in [5.74, 6) is -0.685. The third kappa shape index (κ3) is 5.74. The number of pyridine rings is 1. The Morgan fingerprint density at radius 2 is 1.78 bits per heavy atom. The number of nitrogens with one attached hydrogen (secondary N) is 3. The highest BCUT2D eigenvalue weighted by Crippen LogP contribution is 2.29. The van der Waals surface area contributed by atoms with Crippen LogP contribution in [0.5, 0.6) is 0 Å². The molecule has 0 saturated carbocycles. The first-order chi connectivity index (χ1) is 19.7. The maximum Gasteiger partial charge on any atom is 0.274 e. The molecule has 10 nitrogen and oxygen atoms in total. The fourth-order valence-corrected chi connectivity index (χ4v) is 4.54. The molecule has 208 valence electrons. The molecule has 6 N–H and O–H groups in total. The molecule has 5 rings (SSSR count). The number of aromatic amines is 1. The average molecular weight is 552 g/mol. The van der Waals surface area contributed by atoms with Crippen molar-refractivity contribution in [1.82, 2.24) is 14.9 Å². The number of nitrogen functional groups attached to an aromatic ring is 1. The minimum atomic E-state index is -1.09. The van der Waals surface area contributed by atoms with E-state index in [0.29, 0.717) is 39.0 Å². The van der Waals surface area contributed by atoms with Crippen LogP contribution in [0, 0.1) is 0 Å². The Bertz CT molecular complexity index is 1810. The van der Waals surface area contributed by atoms with Gasteiger partial charge in [0.2, 0.25) is 0 Å². The molecule has 1 unspecified atom stereocenters. The fourth-order valence-electron chi connectivity index (χ4n) is 4.54. The van der Waals surface area contributed by atoms with Crippen LogP contribution in [0.15, 0.2) is 89.9 Å². The van der Waals surface area contributed by atoms with Crippen molar-refractivity contribution < 1.29 is 19.4 Å². The number of fused-ring (bicyclic) bond motifs is 1. The van der Waals surface area contributed by atoms with Crippen LogP contribution in [0.1, 0.15) is 38.3 Å². The summed E-state index contributed by atoms with van der Waals surface area (Å²) < 4.78 is 6.46. The van der Waals surface area contributed by atoms with Crippen LogP contribution in [-0.4, -0.2) is 33.6 Å². The Morgan fingerprint density at radius 3 is 2.51 bits per heavy atom. The van der Waals surface area contributed by atoms with Gasteiger partial charge in [0.25, 0.3) is 17.4 Å². The lowest BCUT2D eigenvalue weighted by atomic mass is 10.0. The van der Waals surface area contributed by atoms with Crippen molar-refractivity contribution in [3.63, 3.8) is 0 Å². The second-order valence-electron chi connectivity index (χ2n) is 9.57. The number of ether oxygens (including phenoxy) is 1. The molecule has 1 atom stereocenters. The molecule has 0 aliphatic heterocycles. The summed E-state index contributed by atoms with van der Waals surface area (Å²) in [5, 5.41) is 16.3. The number of H-pyrrole nitrogens is 1. The van der Waals surface area contributed by atoms with Gasteiger partial charge in [0.15, 0.2) is 6.29 Å². The van der Waals surface area contributed by atoms with E-state index in [1.54, 1.807) is 86.0 Å². The number of rotatable bonds is 8. The van der Waals surface area contributed by atoms with Crippen molar-refractivity contribution in [3.8, 4) is 11.1 Å². The molecule has 2 amide bonds. The zero-order chi connectivity index (χ0) is 29.1. The van der Waals surface area contributed by atoms with Crippen LogP contribution in [0.3, 0.4) is 0 Å². The number of hydrogen-bond acceptors (Lipinski definition) is 6. The number of carbonyl (C=O) groups excluding carboxylic acids is 2. The van der Waals surface area contributed by atoms with E-state index in [1.807, 2.05) is 6.07 Å². The van der Waals surface area contributed by atoms with E-state index in [9.17, 15) is 19.5 Å². The number of nitrogens with two attached hydrogens (primary N) is 1. The van der Waals surface area contributed by atoms with E-state index in [4.69, 9.17) is 10.5 Å². The van der Waals surface area contributed by atoms with Gasteiger partial charge in [-0.25, -0.2) is 0 Å². The van der Waals surface area contributed by atoms with Crippen LogP contribution < -0.4 is 21.9 Å². The molecule has 10 heteroatoms. The maximum atomic E-state index is 13.0.